The molecule has 0 fully saturated rings. The molecular weight excluding hydrogens is 254 g/mol. The molecule has 1 aliphatic rings. The van der Waals surface area contributed by atoms with Crippen LogP contribution in [0.4, 0.5) is 0 Å². The number of hydrogen-bond donors (Lipinski definition) is 1. The lowest BCUT2D eigenvalue weighted by atomic mass is 9.95. The molecule has 4 heterocycles. The number of imidazole rings is 1. The predicted octanol–water partition coefficient (Wildman–Crippen LogP) is 1.96. The lowest BCUT2D eigenvalue weighted by Crippen LogP contribution is -2.17. The molecule has 4 rings (SSSR count). The average molecular weight is 267 g/mol. The van der Waals surface area contributed by atoms with Gasteiger partial charge >= 0.3 is 0 Å². The summed E-state index contributed by atoms with van der Waals surface area (Å²) in [4.78, 5) is 8.54. The highest BCUT2D eigenvalue weighted by molar-refractivity contribution is 5.71. The summed E-state index contributed by atoms with van der Waals surface area (Å²) in [7, 11) is 0. The summed E-state index contributed by atoms with van der Waals surface area (Å²) in [6, 6.07) is 4.03. The number of nitrogens with zero attached hydrogens (tertiary/aromatic N) is 3. The molecular formula is C15H13N3O2. The number of aromatic nitrogens is 3. The minimum absolute atomic E-state index is 0.331. The van der Waals surface area contributed by atoms with Crippen molar-refractivity contribution >= 4 is 5.65 Å². The van der Waals surface area contributed by atoms with Crippen molar-refractivity contribution in [3.05, 3.63) is 54.2 Å². The zero-order valence-corrected chi connectivity index (χ0v) is 10.7. The van der Waals surface area contributed by atoms with Crippen molar-refractivity contribution in [3.63, 3.8) is 0 Å². The van der Waals surface area contributed by atoms with E-state index >= 15 is 0 Å². The van der Waals surface area contributed by atoms with Crippen molar-refractivity contribution < 1.29 is 9.84 Å². The molecule has 0 saturated carbocycles. The van der Waals surface area contributed by atoms with Gasteiger partial charge in [0.05, 0.1) is 13.2 Å². The third-order valence-electron chi connectivity index (χ3n) is 3.68. The number of pyridine rings is 2. The maximum Gasteiger partial charge on any atom is 0.137 e. The van der Waals surface area contributed by atoms with Crippen LogP contribution in [0.5, 0.6) is 0 Å². The third-order valence-corrected chi connectivity index (χ3v) is 3.68. The van der Waals surface area contributed by atoms with Gasteiger partial charge in [0.25, 0.3) is 0 Å². The largest absolute Gasteiger partial charge is 0.386 e. The lowest BCUT2D eigenvalue weighted by molar-refractivity contribution is 0.00981. The molecule has 5 heteroatoms. The minimum atomic E-state index is -0.596. The van der Waals surface area contributed by atoms with Crippen LogP contribution in [0.2, 0.25) is 0 Å². The smallest absolute Gasteiger partial charge is 0.137 e. The topological polar surface area (TPSA) is 59.7 Å². The molecule has 3 aromatic rings. The monoisotopic (exact) mass is 267 g/mol. The van der Waals surface area contributed by atoms with E-state index in [1.165, 1.54) is 0 Å². The molecule has 0 spiro atoms. The van der Waals surface area contributed by atoms with Crippen molar-refractivity contribution in [2.24, 2.45) is 0 Å². The van der Waals surface area contributed by atoms with E-state index in [0.29, 0.717) is 13.2 Å². The van der Waals surface area contributed by atoms with Gasteiger partial charge in [-0.1, -0.05) is 0 Å². The second-order valence-electron chi connectivity index (χ2n) is 4.89. The van der Waals surface area contributed by atoms with Crippen LogP contribution >= 0.6 is 0 Å². The normalized spacial score (nSPS) is 18.1. The van der Waals surface area contributed by atoms with Gasteiger partial charge in [0.2, 0.25) is 0 Å². The Morgan fingerprint density at radius 2 is 2.25 bits per heavy atom. The fraction of sp³-hybridized carbons (Fsp3) is 0.200. The summed E-state index contributed by atoms with van der Waals surface area (Å²) >= 11 is 0. The fourth-order valence-electron chi connectivity index (χ4n) is 2.64. The molecule has 0 radical (unpaired) electrons. The van der Waals surface area contributed by atoms with E-state index in [2.05, 4.69) is 9.97 Å². The van der Waals surface area contributed by atoms with Gasteiger partial charge in [-0.25, -0.2) is 4.98 Å². The van der Waals surface area contributed by atoms with Gasteiger partial charge in [-0.05, 0) is 23.3 Å². The number of rotatable bonds is 1. The van der Waals surface area contributed by atoms with Crippen molar-refractivity contribution in [2.45, 2.75) is 12.7 Å². The van der Waals surface area contributed by atoms with Crippen LogP contribution in [0.25, 0.3) is 16.8 Å². The minimum Gasteiger partial charge on any atom is -0.386 e. The first-order valence-electron chi connectivity index (χ1n) is 6.48. The molecule has 0 saturated heterocycles. The second-order valence-corrected chi connectivity index (χ2v) is 4.89. The summed E-state index contributed by atoms with van der Waals surface area (Å²) in [6.07, 6.45) is 8.59. The summed E-state index contributed by atoms with van der Waals surface area (Å²) in [5, 5.41) is 9.99. The third kappa shape index (κ3) is 1.71. The Kier molecular flexibility index (Phi) is 2.55. The Bertz CT molecular complexity index is 782. The lowest BCUT2D eigenvalue weighted by Gasteiger charge is -2.23. The Balaban J connectivity index is 1.91. The molecule has 3 aromatic heterocycles. The Morgan fingerprint density at radius 3 is 3.20 bits per heavy atom. The quantitative estimate of drug-likeness (QED) is 0.732. The van der Waals surface area contributed by atoms with Crippen LogP contribution in [-0.2, 0) is 11.3 Å². The highest BCUT2D eigenvalue weighted by Crippen LogP contribution is 2.32. The van der Waals surface area contributed by atoms with E-state index in [4.69, 9.17) is 4.74 Å². The molecule has 0 aliphatic carbocycles. The molecule has 1 aliphatic heterocycles. The number of hydrogen-bond acceptors (Lipinski definition) is 4. The molecule has 0 amide bonds. The molecule has 1 atom stereocenters. The van der Waals surface area contributed by atoms with Crippen LogP contribution in [0, 0.1) is 0 Å². The maximum atomic E-state index is 9.99. The van der Waals surface area contributed by atoms with Gasteiger partial charge in [0.1, 0.15) is 11.8 Å². The first kappa shape index (κ1) is 11.6. The van der Waals surface area contributed by atoms with Gasteiger partial charge in [0.15, 0.2) is 0 Å². The Labute approximate surface area is 115 Å². The summed E-state index contributed by atoms with van der Waals surface area (Å²) in [6.45, 7) is 0.835. The SMILES string of the molecule is OC1COCc2c(-c3ccn4ccnc4c3)cncc21. The van der Waals surface area contributed by atoms with Crippen LogP contribution < -0.4 is 0 Å². The first-order chi connectivity index (χ1) is 9.83. The molecule has 0 bridgehead atoms. The number of aliphatic hydroxyl groups is 1. The standard InChI is InChI=1S/C15H13N3O2/c19-14-9-20-8-13-11(6-16-7-12(13)14)10-1-3-18-4-2-17-15(18)5-10/h1-7,14,19H,8-9H2. The highest BCUT2D eigenvalue weighted by atomic mass is 16.5. The predicted molar refractivity (Wildman–Crippen MR) is 73.0 cm³/mol. The van der Waals surface area contributed by atoms with Gasteiger partial charge in [-0.2, -0.15) is 0 Å². The zero-order valence-electron chi connectivity index (χ0n) is 10.7. The van der Waals surface area contributed by atoms with Crippen LogP contribution in [0.3, 0.4) is 0 Å². The van der Waals surface area contributed by atoms with E-state index in [0.717, 1.165) is 27.9 Å². The average Bonchev–Trinajstić information content (AvgIpc) is 2.94. The van der Waals surface area contributed by atoms with Gasteiger partial charge in [0, 0.05) is 42.1 Å². The van der Waals surface area contributed by atoms with Gasteiger partial charge in [-0.3, -0.25) is 4.98 Å². The zero-order chi connectivity index (χ0) is 13.5. The van der Waals surface area contributed by atoms with Crippen LogP contribution in [-0.4, -0.2) is 26.1 Å². The molecule has 0 aromatic carbocycles. The first-order valence-corrected chi connectivity index (χ1v) is 6.48. The highest BCUT2D eigenvalue weighted by Gasteiger charge is 2.22. The van der Waals surface area contributed by atoms with Gasteiger partial charge < -0.3 is 14.2 Å². The Hall–Kier alpha value is -2.24. The summed E-state index contributed by atoms with van der Waals surface area (Å²) in [5.41, 5.74) is 4.78. The number of aliphatic hydroxyl groups excluding tert-OH is 1. The van der Waals surface area contributed by atoms with E-state index in [-0.39, 0.29) is 0 Å². The Morgan fingerprint density at radius 1 is 1.30 bits per heavy atom. The van der Waals surface area contributed by atoms with Crippen LogP contribution in [0.15, 0.2) is 43.1 Å². The summed E-state index contributed by atoms with van der Waals surface area (Å²) in [5.74, 6) is 0. The van der Waals surface area contributed by atoms with Crippen molar-refractivity contribution in [1.82, 2.24) is 14.4 Å². The number of fused-ring (bicyclic) bond motifs is 2. The van der Waals surface area contributed by atoms with Crippen LogP contribution in [0.1, 0.15) is 17.2 Å². The summed E-state index contributed by atoms with van der Waals surface area (Å²) < 4.78 is 7.40. The molecule has 100 valence electrons. The fourth-order valence-corrected chi connectivity index (χ4v) is 2.64. The molecule has 1 unspecified atom stereocenters. The van der Waals surface area contributed by atoms with E-state index < -0.39 is 6.10 Å². The van der Waals surface area contributed by atoms with E-state index in [1.54, 1.807) is 12.4 Å². The van der Waals surface area contributed by atoms with Crippen molar-refractivity contribution in [2.75, 3.05) is 6.61 Å². The molecule has 1 N–H and O–H groups in total. The van der Waals surface area contributed by atoms with Gasteiger partial charge in [-0.15, -0.1) is 0 Å². The number of ether oxygens (including phenoxy) is 1. The van der Waals surface area contributed by atoms with Crippen molar-refractivity contribution in [1.29, 1.82) is 0 Å². The van der Waals surface area contributed by atoms with Crippen molar-refractivity contribution in [3.8, 4) is 11.1 Å². The molecule has 20 heavy (non-hydrogen) atoms. The van der Waals surface area contributed by atoms with E-state index in [1.807, 2.05) is 35.1 Å². The maximum absolute atomic E-state index is 9.99. The van der Waals surface area contributed by atoms with E-state index in [9.17, 15) is 5.11 Å². The molecule has 5 nitrogen and oxygen atoms in total. The second kappa shape index (κ2) is 4.40.